The number of hydrogen-bond acceptors (Lipinski definition) is 7. The van der Waals surface area contributed by atoms with Crippen LogP contribution < -0.4 is 4.74 Å². The predicted molar refractivity (Wildman–Crippen MR) is 148 cm³/mol. The van der Waals surface area contributed by atoms with Crippen LogP contribution in [0.15, 0.2) is 70.9 Å². The zero-order valence-corrected chi connectivity index (χ0v) is 23.4. The molecule has 0 amide bonds. The molecule has 0 aliphatic carbocycles. The molecule has 12 heteroatoms. The third kappa shape index (κ3) is 6.57. The van der Waals surface area contributed by atoms with Gasteiger partial charge in [0, 0.05) is 25.9 Å². The lowest BCUT2D eigenvalue weighted by atomic mass is 10.1. The molecule has 7 nitrogen and oxygen atoms in total. The van der Waals surface area contributed by atoms with E-state index < -0.39 is 21.7 Å². The molecule has 3 heterocycles. The molecular weight excluding hydrogens is 563 g/mol. The molecular formula is C28H28F3N3O4S2. The highest BCUT2D eigenvalue weighted by molar-refractivity contribution is 7.90. The lowest BCUT2D eigenvalue weighted by Gasteiger charge is -2.26. The number of alkyl halides is 3. The van der Waals surface area contributed by atoms with Gasteiger partial charge in [0.1, 0.15) is 11.4 Å². The number of halogens is 3. The number of hydrogen-bond donors (Lipinski definition) is 0. The lowest BCUT2D eigenvalue weighted by Crippen LogP contribution is -2.37. The minimum absolute atomic E-state index is 0.168. The Morgan fingerprint density at radius 1 is 1.02 bits per heavy atom. The monoisotopic (exact) mass is 591 g/mol. The highest BCUT2D eigenvalue weighted by Crippen LogP contribution is 2.39. The Hall–Kier alpha value is -3.19. The molecule has 0 N–H and O–H groups in total. The van der Waals surface area contributed by atoms with Crippen LogP contribution in [0.2, 0.25) is 0 Å². The first-order valence-corrected chi connectivity index (χ1v) is 15.5. The van der Waals surface area contributed by atoms with Crippen molar-refractivity contribution in [1.29, 1.82) is 0 Å². The minimum Gasteiger partial charge on any atom is -0.491 e. The second-order valence-electron chi connectivity index (χ2n) is 9.45. The average molecular weight is 592 g/mol. The Kier molecular flexibility index (Phi) is 8.31. The fraction of sp³-hybridized carbons (Fsp3) is 0.321. The van der Waals surface area contributed by atoms with Crippen molar-refractivity contribution in [3.8, 4) is 33.1 Å². The van der Waals surface area contributed by atoms with Crippen LogP contribution in [0, 0.1) is 0 Å². The number of rotatable bonds is 9. The second kappa shape index (κ2) is 11.7. The number of thiophene rings is 1. The number of aromatic nitrogens is 2. The molecule has 0 unspecified atom stereocenters. The van der Waals surface area contributed by atoms with Crippen molar-refractivity contribution in [1.82, 2.24) is 14.7 Å². The SMILES string of the molecule is CS(=O)(=O)c1cccc(-c2csc(-c3cc(C(F)(F)F)nn3-c3ccccc3OCCCN3CCOCC3)c2)c1. The number of para-hydroxylation sites is 2. The Morgan fingerprint density at radius 3 is 2.55 bits per heavy atom. The summed E-state index contributed by atoms with van der Waals surface area (Å²) in [5, 5.41) is 5.72. The maximum absolute atomic E-state index is 13.8. The van der Waals surface area contributed by atoms with Crippen LogP contribution in [0.4, 0.5) is 13.2 Å². The largest absolute Gasteiger partial charge is 0.491 e. The van der Waals surface area contributed by atoms with Gasteiger partial charge >= 0.3 is 6.18 Å². The van der Waals surface area contributed by atoms with E-state index in [4.69, 9.17) is 9.47 Å². The van der Waals surface area contributed by atoms with E-state index in [1.54, 1.807) is 53.9 Å². The number of sulfone groups is 1. The predicted octanol–water partition coefficient (Wildman–Crippen LogP) is 5.79. The standard InChI is InChI=1S/C28H28F3N3O4S2/c1-40(35,36)22-7-4-6-20(16-22)21-17-26(39-19-21)24-18-27(28(29,30)31)32-34(24)23-8-2-3-9-25(23)38-13-5-10-33-11-14-37-15-12-33/h2-4,6-9,16-19H,5,10-15H2,1H3. The molecule has 1 aliphatic heterocycles. The van der Waals surface area contributed by atoms with Crippen LogP contribution in [0.25, 0.3) is 27.4 Å². The molecule has 0 saturated carbocycles. The van der Waals surface area contributed by atoms with Gasteiger partial charge in [-0.05, 0) is 59.3 Å². The molecule has 40 heavy (non-hydrogen) atoms. The van der Waals surface area contributed by atoms with Crippen LogP contribution in [-0.4, -0.2) is 68.8 Å². The summed E-state index contributed by atoms with van der Waals surface area (Å²) in [5.74, 6) is 0.431. The molecule has 2 aromatic heterocycles. The maximum Gasteiger partial charge on any atom is 0.435 e. The molecule has 0 bridgehead atoms. The van der Waals surface area contributed by atoms with E-state index in [1.807, 2.05) is 0 Å². The average Bonchev–Trinajstić information content (AvgIpc) is 3.60. The van der Waals surface area contributed by atoms with Gasteiger partial charge in [-0.15, -0.1) is 11.3 Å². The van der Waals surface area contributed by atoms with Crippen molar-refractivity contribution in [3.05, 3.63) is 71.7 Å². The van der Waals surface area contributed by atoms with E-state index in [0.29, 0.717) is 47.3 Å². The van der Waals surface area contributed by atoms with Gasteiger partial charge in [0.15, 0.2) is 15.5 Å². The maximum atomic E-state index is 13.8. The summed E-state index contributed by atoms with van der Waals surface area (Å²) in [6, 6.07) is 16.1. The molecule has 2 aromatic carbocycles. The topological polar surface area (TPSA) is 73.7 Å². The van der Waals surface area contributed by atoms with Crippen molar-refractivity contribution in [2.24, 2.45) is 0 Å². The van der Waals surface area contributed by atoms with Gasteiger partial charge in [0.05, 0.1) is 35.3 Å². The highest BCUT2D eigenvalue weighted by Gasteiger charge is 2.36. The molecule has 0 atom stereocenters. The Bertz CT molecular complexity index is 1580. The fourth-order valence-electron chi connectivity index (χ4n) is 4.46. The van der Waals surface area contributed by atoms with Gasteiger partial charge < -0.3 is 9.47 Å². The second-order valence-corrected chi connectivity index (χ2v) is 12.4. The summed E-state index contributed by atoms with van der Waals surface area (Å²) in [6.07, 6.45) is -2.75. The summed E-state index contributed by atoms with van der Waals surface area (Å²) in [6.45, 7) is 4.40. The van der Waals surface area contributed by atoms with Crippen LogP contribution in [0.5, 0.6) is 5.75 Å². The first-order valence-electron chi connectivity index (χ1n) is 12.7. The number of nitrogens with zero attached hydrogens (tertiary/aromatic N) is 3. The minimum atomic E-state index is -4.64. The zero-order valence-electron chi connectivity index (χ0n) is 21.7. The van der Waals surface area contributed by atoms with Gasteiger partial charge in [-0.1, -0.05) is 24.3 Å². The van der Waals surface area contributed by atoms with E-state index in [-0.39, 0.29) is 10.6 Å². The summed E-state index contributed by atoms with van der Waals surface area (Å²) in [5.41, 5.74) is 0.982. The van der Waals surface area contributed by atoms with Crippen LogP contribution in [0.3, 0.4) is 0 Å². The molecule has 4 aromatic rings. The van der Waals surface area contributed by atoms with E-state index in [2.05, 4.69) is 10.00 Å². The first kappa shape index (κ1) is 28.3. The van der Waals surface area contributed by atoms with E-state index in [0.717, 1.165) is 38.4 Å². The number of morpholine rings is 1. The van der Waals surface area contributed by atoms with Gasteiger partial charge in [-0.2, -0.15) is 18.3 Å². The molecule has 1 saturated heterocycles. The quantitative estimate of drug-likeness (QED) is 0.230. The Labute approximate surface area is 234 Å². The summed E-state index contributed by atoms with van der Waals surface area (Å²) in [4.78, 5) is 3.01. The number of benzene rings is 2. The third-order valence-corrected chi connectivity index (χ3v) is 8.58. The molecule has 5 rings (SSSR count). The summed E-state index contributed by atoms with van der Waals surface area (Å²) >= 11 is 1.25. The molecule has 212 valence electrons. The number of ether oxygens (including phenoxy) is 2. The molecule has 0 spiro atoms. The first-order chi connectivity index (χ1) is 19.1. The Balaban J connectivity index is 1.45. The van der Waals surface area contributed by atoms with Crippen LogP contribution in [0.1, 0.15) is 12.1 Å². The molecule has 0 radical (unpaired) electrons. The third-order valence-electron chi connectivity index (χ3n) is 6.52. The van der Waals surface area contributed by atoms with Gasteiger partial charge in [-0.25, -0.2) is 13.1 Å². The van der Waals surface area contributed by atoms with Crippen LogP contribution >= 0.6 is 11.3 Å². The van der Waals surface area contributed by atoms with E-state index in [1.165, 1.54) is 22.1 Å². The molecule has 1 aliphatic rings. The summed E-state index contributed by atoms with van der Waals surface area (Å²) < 4.78 is 78.1. The smallest absolute Gasteiger partial charge is 0.435 e. The Morgan fingerprint density at radius 2 is 1.80 bits per heavy atom. The van der Waals surface area contributed by atoms with Crippen molar-refractivity contribution < 1.29 is 31.1 Å². The zero-order chi connectivity index (χ0) is 28.3. The van der Waals surface area contributed by atoms with E-state index in [9.17, 15) is 21.6 Å². The highest BCUT2D eigenvalue weighted by atomic mass is 32.2. The van der Waals surface area contributed by atoms with Crippen molar-refractivity contribution in [2.45, 2.75) is 17.5 Å². The van der Waals surface area contributed by atoms with Gasteiger partial charge in [0.25, 0.3) is 0 Å². The van der Waals surface area contributed by atoms with Gasteiger partial charge in [0.2, 0.25) is 0 Å². The van der Waals surface area contributed by atoms with E-state index >= 15 is 0 Å². The van der Waals surface area contributed by atoms with Crippen molar-refractivity contribution in [3.63, 3.8) is 0 Å². The van der Waals surface area contributed by atoms with Crippen LogP contribution in [-0.2, 0) is 20.8 Å². The normalized spacial score (nSPS) is 14.9. The van der Waals surface area contributed by atoms with Gasteiger partial charge in [-0.3, -0.25) is 4.90 Å². The van der Waals surface area contributed by atoms with Crippen molar-refractivity contribution in [2.75, 3.05) is 45.7 Å². The fourth-order valence-corrected chi connectivity index (χ4v) is 6.04. The summed E-state index contributed by atoms with van der Waals surface area (Å²) in [7, 11) is -3.41. The van der Waals surface area contributed by atoms with Crippen molar-refractivity contribution >= 4 is 21.2 Å². The lowest BCUT2D eigenvalue weighted by molar-refractivity contribution is -0.141. The molecule has 1 fully saturated rings.